The van der Waals surface area contributed by atoms with E-state index in [4.69, 9.17) is 4.42 Å². The minimum atomic E-state index is 0.885. The lowest BCUT2D eigenvalue weighted by Gasteiger charge is -2.26. The minimum absolute atomic E-state index is 0.885. The van der Waals surface area contributed by atoms with E-state index in [9.17, 15) is 0 Å². The van der Waals surface area contributed by atoms with Crippen LogP contribution in [0.3, 0.4) is 0 Å². The summed E-state index contributed by atoms with van der Waals surface area (Å²) in [5.74, 6) is 0. The Kier molecular flexibility index (Phi) is 5.40. The standard InChI is InChI=1S/C40H25NOS/c1-2-9-26(10-3-1)28-12-8-13-29(23-28)41(31-18-20-34-33-15-6-7-16-38(33)43-39(34)25-31)30-19-21-35-37(24-30)42-36-22-17-27-11-4-5-14-32(27)40(35)36/h1-25H. The summed E-state index contributed by atoms with van der Waals surface area (Å²) < 4.78 is 9.09. The molecule has 0 fully saturated rings. The first kappa shape index (κ1) is 24.2. The van der Waals surface area contributed by atoms with Crippen LogP contribution in [0.1, 0.15) is 0 Å². The second-order valence-electron chi connectivity index (χ2n) is 11.0. The van der Waals surface area contributed by atoms with Crippen LogP contribution in [0.15, 0.2) is 156 Å². The molecule has 0 radical (unpaired) electrons. The van der Waals surface area contributed by atoms with Crippen molar-refractivity contribution in [2.45, 2.75) is 0 Å². The molecule has 9 aromatic rings. The lowest BCUT2D eigenvalue weighted by molar-refractivity contribution is 0.669. The number of fused-ring (bicyclic) bond motifs is 8. The molecular weight excluding hydrogens is 543 g/mol. The summed E-state index contributed by atoms with van der Waals surface area (Å²) in [4.78, 5) is 2.35. The van der Waals surface area contributed by atoms with Gasteiger partial charge in [0.05, 0.1) is 0 Å². The van der Waals surface area contributed by atoms with Gasteiger partial charge in [-0.05, 0) is 70.4 Å². The second kappa shape index (κ2) is 9.59. The van der Waals surface area contributed by atoms with Crippen LogP contribution in [-0.4, -0.2) is 0 Å². The maximum absolute atomic E-state index is 6.50. The van der Waals surface area contributed by atoms with Crippen molar-refractivity contribution in [3.63, 3.8) is 0 Å². The highest BCUT2D eigenvalue weighted by molar-refractivity contribution is 7.25. The molecule has 9 rings (SSSR count). The highest BCUT2D eigenvalue weighted by atomic mass is 32.1. The second-order valence-corrected chi connectivity index (χ2v) is 12.1. The molecule has 0 spiro atoms. The van der Waals surface area contributed by atoms with E-state index in [2.05, 4.69) is 157 Å². The summed E-state index contributed by atoms with van der Waals surface area (Å²) >= 11 is 1.85. The Hall–Kier alpha value is -5.38. The quantitative estimate of drug-likeness (QED) is 0.210. The van der Waals surface area contributed by atoms with Crippen molar-refractivity contribution in [2.24, 2.45) is 0 Å². The fourth-order valence-electron chi connectivity index (χ4n) is 6.43. The van der Waals surface area contributed by atoms with Gasteiger partial charge in [-0.3, -0.25) is 0 Å². The first-order valence-electron chi connectivity index (χ1n) is 14.5. The Morgan fingerprint density at radius 2 is 1.12 bits per heavy atom. The third kappa shape index (κ3) is 3.93. The van der Waals surface area contributed by atoms with Gasteiger partial charge in [0, 0.05) is 54.1 Å². The summed E-state index contributed by atoms with van der Waals surface area (Å²) in [7, 11) is 0. The van der Waals surface area contributed by atoms with Gasteiger partial charge >= 0.3 is 0 Å². The molecule has 0 unspecified atom stereocenters. The van der Waals surface area contributed by atoms with Crippen molar-refractivity contribution in [1.29, 1.82) is 0 Å². The van der Waals surface area contributed by atoms with Crippen LogP contribution < -0.4 is 4.90 Å². The van der Waals surface area contributed by atoms with Gasteiger partial charge in [-0.2, -0.15) is 0 Å². The lowest BCUT2D eigenvalue weighted by atomic mass is 10.0. The van der Waals surface area contributed by atoms with Crippen molar-refractivity contribution in [2.75, 3.05) is 4.90 Å². The molecule has 3 heteroatoms. The van der Waals surface area contributed by atoms with Crippen molar-refractivity contribution in [3.05, 3.63) is 152 Å². The Labute approximate surface area is 252 Å². The van der Waals surface area contributed by atoms with Crippen LogP contribution in [0.2, 0.25) is 0 Å². The topological polar surface area (TPSA) is 16.4 Å². The summed E-state index contributed by atoms with van der Waals surface area (Å²) in [6, 6.07) is 54.3. The number of hydrogen-bond donors (Lipinski definition) is 0. The predicted octanol–water partition coefficient (Wildman–Crippen LogP) is 12.2. The number of nitrogens with zero attached hydrogens (tertiary/aromatic N) is 1. The minimum Gasteiger partial charge on any atom is -0.456 e. The molecule has 7 aromatic carbocycles. The Morgan fingerprint density at radius 3 is 2.02 bits per heavy atom. The van der Waals surface area contributed by atoms with Crippen LogP contribution in [0.25, 0.3) is 64.0 Å². The van der Waals surface area contributed by atoms with Gasteiger partial charge < -0.3 is 9.32 Å². The first-order valence-corrected chi connectivity index (χ1v) is 15.3. The molecule has 0 bridgehead atoms. The zero-order chi connectivity index (χ0) is 28.3. The molecule has 0 aliphatic heterocycles. The molecule has 0 saturated heterocycles. The van der Waals surface area contributed by atoms with E-state index in [0.29, 0.717) is 0 Å². The number of furan rings is 1. The SMILES string of the molecule is c1ccc(-c2cccc(N(c3ccc4c(c3)oc3ccc5ccccc5c34)c3ccc4c(c3)sc3ccccc34)c2)cc1. The molecule has 2 nitrogen and oxygen atoms in total. The number of benzene rings is 7. The van der Waals surface area contributed by atoms with Crippen LogP contribution in [0, 0.1) is 0 Å². The van der Waals surface area contributed by atoms with Crippen molar-refractivity contribution >= 4 is 81.3 Å². The van der Waals surface area contributed by atoms with E-state index in [0.717, 1.165) is 33.6 Å². The van der Waals surface area contributed by atoms with E-state index in [-0.39, 0.29) is 0 Å². The maximum Gasteiger partial charge on any atom is 0.137 e. The highest BCUT2D eigenvalue weighted by Gasteiger charge is 2.18. The van der Waals surface area contributed by atoms with Crippen LogP contribution in [0.4, 0.5) is 17.1 Å². The molecule has 43 heavy (non-hydrogen) atoms. The third-order valence-electron chi connectivity index (χ3n) is 8.44. The van der Waals surface area contributed by atoms with Gasteiger partial charge in [0.15, 0.2) is 0 Å². The molecule has 202 valence electrons. The van der Waals surface area contributed by atoms with E-state index in [1.54, 1.807) is 0 Å². The number of rotatable bonds is 4. The van der Waals surface area contributed by atoms with Crippen molar-refractivity contribution in [3.8, 4) is 11.1 Å². The first-order chi connectivity index (χ1) is 21.3. The highest BCUT2D eigenvalue weighted by Crippen LogP contribution is 2.43. The molecule has 0 aliphatic rings. The molecule has 2 heterocycles. The third-order valence-corrected chi connectivity index (χ3v) is 9.57. The monoisotopic (exact) mass is 567 g/mol. The van der Waals surface area contributed by atoms with Crippen LogP contribution in [-0.2, 0) is 0 Å². The van der Waals surface area contributed by atoms with Gasteiger partial charge in [-0.15, -0.1) is 11.3 Å². The van der Waals surface area contributed by atoms with Gasteiger partial charge in [0.25, 0.3) is 0 Å². The molecule has 0 N–H and O–H groups in total. The fraction of sp³-hybridized carbons (Fsp3) is 0. The maximum atomic E-state index is 6.50. The summed E-state index contributed by atoms with van der Waals surface area (Å²) in [5.41, 5.74) is 7.45. The molecule has 2 aromatic heterocycles. The summed E-state index contributed by atoms with van der Waals surface area (Å²) in [6.07, 6.45) is 0. The van der Waals surface area contributed by atoms with Crippen LogP contribution in [0.5, 0.6) is 0 Å². The van der Waals surface area contributed by atoms with E-state index >= 15 is 0 Å². The van der Waals surface area contributed by atoms with Gasteiger partial charge in [-0.1, -0.05) is 97.1 Å². The Morgan fingerprint density at radius 1 is 0.419 bits per heavy atom. The average Bonchev–Trinajstić information content (AvgIpc) is 3.63. The fourth-order valence-corrected chi connectivity index (χ4v) is 7.57. The molecule has 0 saturated carbocycles. The molecule has 0 aliphatic carbocycles. The van der Waals surface area contributed by atoms with E-state index in [1.165, 1.54) is 47.5 Å². The van der Waals surface area contributed by atoms with Crippen molar-refractivity contribution < 1.29 is 4.42 Å². The zero-order valence-electron chi connectivity index (χ0n) is 23.2. The van der Waals surface area contributed by atoms with Crippen molar-refractivity contribution in [1.82, 2.24) is 0 Å². The number of thiophene rings is 1. The lowest BCUT2D eigenvalue weighted by Crippen LogP contribution is -2.09. The normalized spacial score (nSPS) is 11.7. The smallest absolute Gasteiger partial charge is 0.137 e. The Bertz CT molecular complexity index is 2470. The largest absolute Gasteiger partial charge is 0.456 e. The van der Waals surface area contributed by atoms with Crippen LogP contribution >= 0.6 is 11.3 Å². The van der Waals surface area contributed by atoms with E-state index < -0.39 is 0 Å². The van der Waals surface area contributed by atoms with Gasteiger partial charge in [-0.25, -0.2) is 0 Å². The zero-order valence-corrected chi connectivity index (χ0v) is 24.0. The molecule has 0 amide bonds. The number of hydrogen-bond acceptors (Lipinski definition) is 3. The predicted molar refractivity (Wildman–Crippen MR) is 184 cm³/mol. The molecule has 0 atom stereocenters. The van der Waals surface area contributed by atoms with Gasteiger partial charge in [0.1, 0.15) is 11.2 Å². The summed E-state index contributed by atoms with van der Waals surface area (Å²) in [5, 5.41) is 7.34. The average molecular weight is 568 g/mol. The van der Waals surface area contributed by atoms with E-state index in [1.807, 2.05) is 11.3 Å². The number of anilines is 3. The summed E-state index contributed by atoms with van der Waals surface area (Å²) in [6.45, 7) is 0. The Balaban J connectivity index is 1.27. The molecular formula is C40H25NOS. The van der Waals surface area contributed by atoms with Gasteiger partial charge in [0.2, 0.25) is 0 Å².